The van der Waals surface area contributed by atoms with E-state index in [-0.39, 0.29) is 0 Å². The zero-order chi connectivity index (χ0) is 30.5. The van der Waals surface area contributed by atoms with Gasteiger partial charge in [-0.25, -0.2) is 19.9 Å². The van der Waals surface area contributed by atoms with Crippen molar-refractivity contribution in [2.45, 2.75) is 0 Å². The van der Waals surface area contributed by atoms with Crippen molar-refractivity contribution in [2.24, 2.45) is 0 Å². The second kappa shape index (κ2) is 10.6. The van der Waals surface area contributed by atoms with Gasteiger partial charge in [0.1, 0.15) is 16.7 Å². The molecule has 9 rings (SSSR count). The first kappa shape index (κ1) is 26.0. The van der Waals surface area contributed by atoms with E-state index in [0.717, 1.165) is 66.4 Å². The molecular formula is C40H24N4O2. The van der Waals surface area contributed by atoms with Crippen LogP contribution in [0.5, 0.6) is 0 Å². The lowest BCUT2D eigenvalue weighted by molar-refractivity contribution is 0.620. The van der Waals surface area contributed by atoms with E-state index in [0.29, 0.717) is 23.4 Å². The Labute approximate surface area is 263 Å². The van der Waals surface area contributed by atoms with Crippen molar-refractivity contribution in [3.05, 3.63) is 146 Å². The largest absolute Gasteiger partial charge is 0.456 e. The Morgan fingerprint density at radius 1 is 0.370 bits per heavy atom. The van der Waals surface area contributed by atoms with E-state index >= 15 is 0 Å². The number of hydrogen-bond donors (Lipinski definition) is 0. The molecule has 6 nitrogen and oxygen atoms in total. The van der Waals surface area contributed by atoms with Crippen LogP contribution >= 0.6 is 0 Å². The molecule has 3 heterocycles. The fourth-order valence-corrected chi connectivity index (χ4v) is 5.93. The normalized spacial score (nSPS) is 11.5. The van der Waals surface area contributed by atoms with Crippen molar-refractivity contribution >= 4 is 33.0 Å². The van der Waals surface area contributed by atoms with Crippen LogP contribution in [0.2, 0.25) is 0 Å². The molecule has 0 aliphatic carbocycles. The Balaban J connectivity index is 1.17. The Bertz CT molecular complexity index is 2460. The van der Waals surface area contributed by atoms with Crippen LogP contribution in [0.1, 0.15) is 0 Å². The Hall–Kier alpha value is -6.40. The lowest BCUT2D eigenvalue weighted by atomic mass is 10.0. The first-order valence-electron chi connectivity index (χ1n) is 15.1. The maximum atomic E-state index is 6.45. The fourth-order valence-electron chi connectivity index (χ4n) is 5.93. The maximum Gasteiger partial charge on any atom is 0.227 e. The van der Waals surface area contributed by atoms with Crippen LogP contribution in [0.4, 0.5) is 0 Å². The van der Waals surface area contributed by atoms with Crippen LogP contribution in [0.25, 0.3) is 89.8 Å². The van der Waals surface area contributed by atoms with Gasteiger partial charge in [-0.3, -0.25) is 0 Å². The number of benzene rings is 6. The Morgan fingerprint density at radius 3 is 1.63 bits per heavy atom. The molecule has 0 saturated heterocycles. The van der Waals surface area contributed by atoms with Crippen LogP contribution in [-0.2, 0) is 0 Å². The van der Waals surface area contributed by atoms with Gasteiger partial charge in [-0.15, -0.1) is 0 Å². The second-order valence-corrected chi connectivity index (χ2v) is 11.1. The van der Waals surface area contributed by atoms with Gasteiger partial charge in [-0.05, 0) is 53.6 Å². The maximum absolute atomic E-state index is 6.45. The smallest absolute Gasteiger partial charge is 0.227 e. The molecule has 0 bridgehead atoms. The molecule has 0 spiro atoms. The number of furan rings is 1. The standard InChI is InChI=1S/C40H24N4O2/c1-4-11-25(12-5-1)37-42-38(26-13-6-2-7-14-26)44-39(43-37)31-17-10-18-33-36(31)30-21-19-28(23-34(30)45-33)29-20-22-32-35(24-29)46-40(41-32)27-15-8-3-9-16-27/h1-24H. The molecule has 0 aliphatic rings. The zero-order valence-corrected chi connectivity index (χ0v) is 24.5. The highest BCUT2D eigenvalue weighted by Gasteiger charge is 2.18. The van der Waals surface area contributed by atoms with Crippen molar-refractivity contribution < 1.29 is 8.83 Å². The van der Waals surface area contributed by atoms with E-state index in [4.69, 9.17) is 23.8 Å². The number of hydrogen-bond acceptors (Lipinski definition) is 6. The summed E-state index contributed by atoms with van der Waals surface area (Å²) in [5, 5.41) is 1.95. The third-order valence-corrected chi connectivity index (χ3v) is 8.18. The summed E-state index contributed by atoms with van der Waals surface area (Å²) < 4.78 is 12.6. The number of rotatable bonds is 5. The molecule has 0 aliphatic heterocycles. The van der Waals surface area contributed by atoms with Gasteiger partial charge >= 0.3 is 0 Å². The fraction of sp³-hybridized carbons (Fsp3) is 0. The van der Waals surface area contributed by atoms with Gasteiger partial charge in [0.25, 0.3) is 0 Å². The van der Waals surface area contributed by atoms with Gasteiger partial charge in [-0.2, -0.15) is 0 Å². The number of fused-ring (bicyclic) bond motifs is 4. The lowest BCUT2D eigenvalue weighted by Crippen LogP contribution is -2.00. The summed E-state index contributed by atoms with van der Waals surface area (Å²) in [6.45, 7) is 0. The van der Waals surface area contributed by atoms with Gasteiger partial charge in [0.2, 0.25) is 5.89 Å². The molecule has 46 heavy (non-hydrogen) atoms. The summed E-state index contributed by atoms with van der Waals surface area (Å²) >= 11 is 0. The lowest BCUT2D eigenvalue weighted by Gasteiger charge is -2.09. The molecule has 0 saturated carbocycles. The van der Waals surface area contributed by atoms with E-state index < -0.39 is 0 Å². The summed E-state index contributed by atoms with van der Waals surface area (Å²) in [4.78, 5) is 19.5. The summed E-state index contributed by atoms with van der Waals surface area (Å²) in [6.07, 6.45) is 0. The van der Waals surface area contributed by atoms with Crippen molar-refractivity contribution in [3.8, 4) is 56.7 Å². The Morgan fingerprint density at radius 2 is 0.957 bits per heavy atom. The molecule has 0 unspecified atom stereocenters. The van der Waals surface area contributed by atoms with Gasteiger partial charge in [0, 0.05) is 33.0 Å². The van der Waals surface area contributed by atoms with Crippen molar-refractivity contribution in [1.29, 1.82) is 0 Å². The van der Waals surface area contributed by atoms with E-state index in [1.807, 2.05) is 121 Å². The van der Waals surface area contributed by atoms with Crippen LogP contribution in [-0.4, -0.2) is 19.9 Å². The molecule has 0 atom stereocenters. The van der Waals surface area contributed by atoms with Crippen LogP contribution in [0.15, 0.2) is 154 Å². The minimum Gasteiger partial charge on any atom is -0.456 e. The third-order valence-electron chi connectivity index (χ3n) is 8.18. The van der Waals surface area contributed by atoms with E-state index in [1.54, 1.807) is 0 Å². The Kier molecular flexibility index (Phi) is 6.03. The van der Waals surface area contributed by atoms with Crippen LogP contribution in [0.3, 0.4) is 0 Å². The molecule has 0 fully saturated rings. The first-order chi connectivity index (χ1) is 22.8. The summed E-state index contributed by atoms with van der Waals surface area (Å²) in [7, 11) is 0. The first-order valence-corrected chi connectivity index (χ1v) is 15.1. The molecular weight excluding hydrogens is 568 g/mol. The molecule has 0 amide bonds. The average Bonchev–Trinajstić information content (AvgIpc) is 3.73. The van der Waals surface area contributed by atoms with Crippen LogP contribution < -0.4 is 0 Å². The monoisotopic (exact) mass is 592 g/mol. The average molecular weight is 593 g/mol. The number of oxazole rings is 1. The van der Waals surface area contributed by atoms with Gasteiger partial charge in [0.15, 0.2) is 23.1 Å². The van der Waals surface area contributed by atoms with Crippen molar-refractivity contribution in [2.75, 3.05) is 0 Å². The van der Waals surface area contributed by atoms with Crippen molar-refractivity contribution in [3.63, 3.8) is 0 Å². The molecule has 216 valence electrons. The van der Waals surface area contributed by atoms with E-state index in [9.17, 15) is 0 Å². The summed E-state index contributed by atoms with van der Waals surface area (Å²) in [6, 6.07) is 48.4. The molecule has 9 aromatic rings. The predicted molar refractivity (Wildman–Crippen MR) is 182 cm³/mol. The van der Waals surface area contributed by atoms with E-state index in [1.165, 1.54) is 0 Å². The van der Waals surface area contributed by atoms with Gasteiger partial charge in [-0.1, -0.05) is 103 Å². The number of nitrogens with zero attached hydrogens (tertiary/aromatic N) is 4. The predicted octanol–water partition coefficient (Wildman–Crippen LogP) is 10.2. The molecule has 0 radical (unpaired) electrons. The highest BCUT2D eigenvalue weighted by atomic mass is 16.3. The third kappa shape index (κ3) is 4.52. The molecule has 0 N–H and O–H groups in total. The minimum atomic E-state index is 0.593. The zero-order valence-electron chi connectivity index (χ0n) is 24.5. The highest BCUT2D eigenvalue weighted by molar-refractivity contribution is 6.12. The summed E-state index contributed by atoms with van der Waals surface area (Å²) in [5.41, 5.74) is 8.83. The highest BCUT2D eigenvalue weighted by Crippen LogP contribution is 2.38. The van der Waals surface area contributed by atoms with Crippen LogP contribution in [0, 0.1) is 0 Å². The minimum absolute atomic E-state index is 0.593. The van der Waals surface area contributed by atoms with Crippen molar-refractivity contribution in [1.82, 2.24) is 19.9 Å². The number of aromatic nitrogens is 4. The molecule has 6 aromatic carbocycles. The quantitative estimate of drug-likeness (QED) is 0.198. The second-order valence-electron chi connectivity index (χ2n) is 11.1. The summed E-state index contributed by atoms with van der Waals surface area (Å²) in [5.74, 6) is 2.44. The molecule has 6 heteroatoms. The van der Waals surface area contributed by atoms with Gasteiger partial charge < -0.3 is 8.83 Å². The van der Waals surface area contributed by atoms with Gasteiger partial charge in [0.05, 0.1) is 0 Å². The van der Waals surface area contributed by atoms with E-state index in [2.05, 4.69) is 29.2 Å². The SMILES string of the molecule is c1ccc(-c2nc(-c3ccccc3)nc(-c3cccc4oc5cc(-c6ccc7nc(-c8ccccc8)oc7c6)ccc5c34)n2)cc1. The topological polar surface area (TPSA) is 77.8 Å². The molecule has 3 aromatic heterocycles.